The van der Waals surface area contributed by atoms with Gasteiger partial charge in [-0.2, -0.15) is 5.10 Å². The second-order valence-electron chi connectivity index (χ2n) is 7.99. The normalized spacial score (nSPS) is 11.8. The Balaban J connectivity index is 1.70. The Hall–Kier alpha value is -3.48. The molecule has 0 aliphatic carbocycles. The van der Waals surface area contributed by atoms with E-state index in [0.717, 1.165) is 0 Å². The zero-order chi connectivity index (χ0) is 21.5. The molecule has 30 heavy (non-hydrogen) atoms. The summed E-state index contributed by atoms with van der Waals surface area (Å²) in [6, 6.07) is 11.9. The van der Waals surface area contributed by atoms with E-state index in [1.807, 2.05) is 20.8 Å². The first-order valence-corrected chi connectivity index (χ1v) is 9.69. The lowest BCUT2D eigenvalue weighted by atomic mass is 9.84. The van der Waals surface area contributed by atoms with Crippen LogP contribution in [0.2, 0.25) is 0 Å². The number of nitrogens with one attached hydrogen (secondary N) is 1. The first kappa shape index (κ1) is 19.8. The van der Waals surface area contributed by atoms with Gasteiger partial charge in [0, 0.05) is 19.0 Å². The van der Waals surface area contributed by atoms with Crippen LogP contribution in [0.4, 0.5) is 4.39 Å². The topological polar surface area (TPSA) is 73.0 Å². The highest BCUT2D eigenvalue weighted by Gasteiger charge is 2.26. The van der Waals surface area contributed by atoms with Crippen LogP contribution in [0, 0.1) is 12.7 Å². The number of halogens is 1. The molecule has 0 unspecified atom stereocenters. The van der Waals surface area contributed by atoms with Gasteiger partial charge < -0.3 is 9.73 Å². The lowest BCUT2D eigenvalue weighted by Gasteiger charge is -2.26. The number of carbonyl (C=O) groups excluding carboxylic acids is 1. The van der Waals surface area contributed by atoms with E-state index >= 15 is 0 Å². The third kappa shape index (κ3) is 3.47. The Morgan fingerprint density at radius 2 is 2.00 bits per heavy atom. The van der Waals surface area contributed by atoms with Crippen molar-refractivity contribution >= 4 is 16.9 Å². The highest BCUT2D eigenvalue weighted by atomic mass is 19.1. The van der Waals surface area contributed by atoms with Crippen LogP contribution < -0.4 is 5.32 Å². The third-order valence-electron chi connectivity index (χ3n) is 5.28. The average molecular weight is 406 g/mol. The predicted octanol–water partition coefficient (Wildman–Crippen LogP) is 4.38. The predicted molar refractivity (Wildman–Crippen MR) is 113 cm³/mol. The first-order chi connectivity index (χ1) is 14.3. The lowest BCUT2D eigenvalue weighted by Crippen LogP contribution is -2.37. The summed E-state index contributed by atoms with van der Waals surface area (Å²) in [4.78, 5) is 17.8. The number of benzene rings is 1. The molecule has 0 saturated heterocycles. The molecule has 7 heteroatoms. The van der Waals surface area contributed by atoms with Gasteiger partial charge in [0.15, 0.2) is 11.4 Å². The van der Waals surface area contributed by atoms with Gasteiger partial charge in [0.25, 0.3) is 5.91 Å². The zero-order valence-corrected chi connectivity index (χ0v) is 17.4. The van der Waals surface area contributed by atoms with Crippen LogP contribution in [0.15, 0.2) is 53.1 Å². The van der Waals surface area contributed by atoms with Crippen molar-refractivity contribution in [3.8, 4) is 11.5 Å². The van der Waals surface area contributed by atoms with E-state index in [-0.39, 0.29) is 18.3 Å². The number of fused-ring (bicyclic) bond motifs is 1. The molecular weight excluding hydrogens is 383 g/mol. The van der Waals surface area contributed by atoms with Crippen LogP contribution in [0.5, 0.6) is 0 Å². The van der Waals surface area contributed by atoms with Gasteiger partial charge in [0.05, 0.1) is 22.9 Å². The quantitative estimate of drug-likeness (QED) is 0.534. The van der Waals surface area contributed by atoms with E-state index < -0.39 is 5.41 Å². The summed E-state index contributed by atoms with van der Waals surface area (Å²) in [5.74, 6) is 0.0125. The molecule has 0 aliphatic heterocycles. The van der Waals surface area contributed by atoms with Crippen molar-refractivity contribution in [2.45, 2.75) is 26.2 Å². The first-order valence-electron chi connectivity index (χ1n) is 9.69. The molecule has 1 aromatic carbocycles. The molecule has 1 N–H and O–H groups in total. The van der Waals surface area contributed by atoms with E-state index in [0.29, 0.717) is 39.3 Å². The van der Waals surface area contributed by atoms with Gasteiger partial charge >= 0.3 is 0 Å². The molecule has 0 saturated carbocycles. The van der Waals surface area contributed by atoms with Crippen LogP contribution in [0.1, 0.15) is 35.5 Å². The molecule has 0 bridgehead atoms. The van der Waals surface area contributed by atoms with E-state index in [1.54, 1.807) is 54.4 Å². The molecule has 0 atom stereocenters. The van der Waals surface area contributed by atoms with Crippen LogP contribution in [0.3, 0.4) is 0 Å². The number of aromatic nitrogens is 3. The highest BCUT2D eigenvalue weighted by molar-refractivity contribution is 6.07. The number of hydrogen-bond acceptors (Lipinski definition) is 4. The Kier molecular flexibility index (Phi) is 4.89. The van der Waals surface area contributed by atoms with Crippen molar-refractivity contribution in [1.29, 1.82) is 0 Å². The third-order valence-corrected chi connectivity index (χ3v) is 5.28. The molecule has 6 nitrogen and oxygen atoms in total. The van der Waals surface area contributed by atoms with Gasteiger partial charge in [-0.3, -0.25) is 9.48 Å². The summed E-state index contributed by atoms with van der Waals surface area (Å²) in [6.45, 7) is 5.91. The minimum atomic E-state index is -0.582. The maximum atomic E-state index is 14.3. The molecule has 1 amide bonds. The fourth-order valence-corrected chi connectivity index (χ4v) is 3.68. The van der Waals surface area contributed by atoms with Crippen molar-refractivity contribution in [1.82, 2.24) is 20.1 Å². The number of nitrogens with zero attached hydrogens (tertiary/aromatic N) is 3. The maximum absolute atomic E-state index is 14.3. The van der Waals surface area contributed by atoms with Crippen molar-refractivity contribution in [2.75, 3.05) is 6.54 Å². The van der Waals surface area contributed by atoms with Crippen molar-refractivity contribution in [3.05, 3.63) is 71.4 Å². The number of furan rings is 1. The number of amides is 1. The molecule has 4 aromatic rings. The van der Waals surface area contributed by atoms with Gasteiger partial charge in [-0.1, -0.05) is 32.0 Å². The van der Waals surface area contributed by atoms with Crippen molar-refractivity contribution in [2.24, 2.45) is 7.05 Å². The smallest absolute Gasteiger partial charge is 0.252 e. The van der Waals surface area contributed by atoms with Crippen LogP contribution >= 0.6 is 0 Å². The van der Waals surface area contributed by atoms with Crippen molar-refractivity contribution < 1.29 is 13.6 Å². The highest BCUT2D eigenvalue weighted by Crippen LogP contribution is 2.28. The molecule has 154 valence electrons. The number of rotatable bonds is 5. The number of carbonyl (C=O) groups is 1. The average Bonchev–Trinajstić information content (AvgIpc) is 3.34. The second kappa shape index (κ2) is 7.40. The van der Waals surface area contributed by atoms with Crippen LogP contribution in [-0.2, 0) is 12.5 Å². The Labute approximate surface area is 173 Å². The largest absolute Gasteiger partial charge is 0.463 e. The molecule has 3 heterocycles. The second-order valence-corrected chi connectivity index (χ2v) is 7.99. The van der Waals surface area contributed by atoms with Crippen molar-refractivity contribution in [3.63, 3.8) is 0 Å². The molecule has 0 fully saturated rings. The number of aryl methyl sites for hydroxylation is 2. The fourth-order valence-electron chi connectivity index (χ4n) is 3.68. The van der Waals surface area contributed by atoms with Crippen LogP contribution in [-0.4, -0.2) is 27.2 Å². The maximum Gasteiger partial charge on any atom is 0.252 e. The van der Waals surface area contributed by atoms with Gasteiger partial charge in [-0.05, 0) is 36.8 Å². The summed E-state index contributed by atoms with van der Waals surface area (Å²) >= 11 is 0. The van der Waals surface area contributed by atoms with E-state index in [1.165, 1.54) is 6.07 Å². The zero-order valence-electron chi connectivity index (χ0n) is 17.4. The molecule has 4 rings (SSSR count). The lowest BCUT2D eigenvalue weighted by molar-refractivity contribution is 0.0947. The molecular formula is C23H23FN4O2. The summed E-state index contributed by atoms with van der Waals surface area (Å²) in [6.07, 6.45) is 1.56. The number of hydrogen-bond donors (Lipinski definition) is 1. The standard InChI is InChI=1S/C23H23FN4O2/c1-14-20-15(12-18(19-10-7-11-30-19)26-21(20)28(4)27-14)22(29)25-13-23(2,3)16-8-5-6-9-17(16)24/h5-12H,13H2,1-4H3,(H,25,29). The summed E-state index contributed by atoms with van der Waals surface area (Å²) in [5.41, 5.74) is 2.29. The van der Waals surface area contributed by atoms with E-state index in [4.69, 9.17) is 4.42 Å². The fraction of sp³-hybridized carbons (Fsp3) is 0.261. The monoisotopic (exact) mass is 406 g/mol. The molecule has 3 aromatic heterocycles. The molecule has 0 spiro atoms. The molecule has 0 radical (unpaired) electrons. The van der Waals surface area contributed by atoms with Gasteiger partial charge in [-0.15, -0.1) is 0 Å². The van der Waals surface area contributed by atoms with E-state index in [2.05, 4.69) is 15.4 Å². The minimum absolute atomic E-state index is 0.268. The molecule has 0 aliphatic rings. The van der Waals surface area contributed by atoms with Gasteiger partial charge in [0.1, 0.15) is 11.5 Å². The minimum Gasteiger partial charge on any atom is -0.463 e. The van der Waals surface area contributed by atoms with Gasteiger partial charge in [-0.25, -0.2) is 9.37 Å². The Bertz CT molecular complexity index is 1230. The summed E-state index contributed by atoms with van der Waals surface area (Å²) in [7, 11) is 1.79. The summed E-state index contributed by atoms with van der Waals surface area (Å²) in [5, 5.41) is 8.07. The van der Waals surface area contributed by atoms with Gasteiger partial charge in [0.2, 0.25) is 0 Å². The number of pyridine rings is 1. The Morgan fingerprint density at radius 3 is 2.70 bits per heavy atom. The SMILES string of the molecule is Cc1nn(C)c2nc(-c3ccco3)cc(C(=O)NCC(C)(C)c3ccccc3F)c12. The van der Waals surface area contributed by atoms with E-state index in [9.17, 15) is 9.18 Å². The summed E-state index contributed by atoms with van der Waals surface area (Å²) < 4.78 is 21.4. The van der Waals surface area contributed by atoms with Crippen LogP contribution in [0.25, 0.3) is 22.5 Å². The Morgan fingerprint density at radius 1 is 1.23 bits per heavy atom.